The van der Waals surface area contributed by atoms with Crippen LogP contribution in [0.2, 0.25) is 0 Å². The fourth-order valence-corrected chi connectivity index (χ4v) is 1.54. The molecule has 0 saturated carbocycles. The van der Waals surface area contributed by atoms with Gasteiger partial charge in [0.05, 0.1) is 0 Å². The van der Waals surface area contributed by atoms with Crippen molar-refractivity contribution in [2.45, 2.75) is 6.18 Å². The van der Waals surface area contributed by atoms with Crippen LogP contribution in [0.1, 0.15) is 0 Å². The van der Waals surface area contributed by atoms with Gasteiger partial charge >= 0.3 is 71.7 Å². The van der Waals surface area contributed by atoms with E-state index in [4.69, 9.17) is 9.90 Å². The molecule has 1 rings (SSSR count). The number of aliphatic carboxylic acids is 1. The van der Waals surface area contributed by atoms with Crippen molar-refractivity contribution in [1.82, 2.24) is 0 Å². The molecule has 1 aromatic carbocycles. The number of carboxylic acids is 1. The minimum atomic E-state index is -5.08. The molecule has 0 bridgehead atoms. The van der Waals surface area contributed by atoms with Gasteiger partial charge in [-0.1, -0.05) is 0 Å². The van der Waals surface area contributed by atoms with Gasteiger partial charge in [0.2, 0.25) is 0 Å². The molecule has 0 aliphatic rings. The van der Waals surface area contributed by atoms with Gasteiger partial charge in [-0.15, -0.1) is 0 Å². The van der Waals surface area contributed by atoms with Gasteiger partial charge in [0.25, 0.3) is 0 Å². The second-order valence-electron chi connectivity index (χ2n) is 2.29. The molecular weight excluding hydrogens is 386 g/mol. The standard InChI is InChI=1S/C6H5.C2HF3O2.Hg/c1-2-4-6-5-3-1;3-2(4,5)1(6)7;/h1-5H;(H,6,7);. The maximum atomic E-state index is 10.6. The first kappa shape index (κ1) is 13.4. The van der Waals surface area contributed by atoms with Gasteiger partial charge in [-0.3, -0.25) is 0 Å². The van der Waals surface area contributed by atoms with Gasteiger partial charge in [0.15, 0.2) is 0 Å². The summed E-state index contributed by atoms with van der Waals surface area (Å²) in [5.74, 6) is -2.76. The number of alkyl halides is 3. The van der Waals surface area contributed by atoms with E-state index in [1.165, 1.54) is 3.07 Å². The Labute approximate surface area is 94.7 Å². The third-order valence-electron chi connectivity index (χ3n) is 1.09. The summed E-state index contributed by atoms with van der Waals surface area (Å²) in [4.78, 5) is 8.90. The van der Waals surface area contributed by atoms with Crippen molar-refractivity contribution in [2.75, 3.05) is 0 Å². The molecule has 0 heterocycles. The molecule has 0 fully saturated rings. The van der Waals surface area contributed by atoms with Crippen LogP contribution in [0.4, 0.5) is 13.2 Å². The van der Waals surface area contributed by atoms with Crippen molar-refractivity contribution < 1.29 is 49.2 Å². The summed E-state index contributed by atoms with van der Waals surface area (Å²) >= 11 is 0.810. The summed E-state index contributed by atoms with van der Waals surface area (Å²) in [5, 5.41) is 7.12. The van der Waals surface area contributed by atoms with Crippen LogP contribution < -0.4 is 3.07 Å². The fraction of sp³-hybridized carbons (Fsp3) is 0.125. The Balaban J connectivity index is 0.000000241. The van der Waals surface area contributed by atoms with Crippen molar-refractivity contribution in [1.29, 1.82) is 0 Å². The maximum absolute atomic E-state index is 10.6. The van der Waals surface area contributed by atoms with Gasteiger partial charge in [-0.25, -0.2) is 4.79 Å². The number of carbonyl (C=O) groups is 1. The van der Waals surface area contributed by atoms with E-state index in [0.717, 1.165) is 26.1 Å². The van der Waals surface area contributed by atoms with Crippen molar-refractivity contribution in [3.63, 3.8) is 0 Å². The van der Waals surface area contributed by atoms with Crippen molar-refractivity contribution >= 4 is 9.04 Å². The summed E-state index contributed by atoms with van der Waals surface area (Å²) in [6.45, 7) is 0. The summed E-state index contributed by atoms with van der Waals surface area (Å²) in [6, 6.07) is 10.6. The molecular formula is C8H6F3HgO2. The summed E-state index contributed by atoms with van der Waals surface area (Å²) < 4.78 is 33.3. The predicted octanol–water partition coefficient (Wildman–Crippen LogP) is 1.49. The number of benzene rings is 1. The average Bonchev–Trinajstić information content (AvgIpc) is 2.04. The Morgan fingerprint density at radius 2 is 1.57 bits per heavy atom. The molecule has 0 aromatic heterocycles. The first-order chi connectivity index (χ1) is 6.34. The molecule has 1 aromatic rings. The minimum absolute atomic E-state index is 0.810. The Morgan fingerprint density at radius 1 is 1.21 bits per heavy atom. The molecule has 0 aliphatic heterocycles. The van der Waals surface area contributed by atoms with E-state index in [0.29, 0.717) is 0 Å². The number of halogens is 3. The molecule has 0 unspecified atom stereocenters. The Kier molecular flexibility index (Phi) is 5.75. The Hall–Kier alpha value is -0.585. The molecule has 0 atom stereocenters. The quantitative estimate of drug-likeness (QED) is 0.681. The summed E-state index contributed by atoms with van der Waals surface area (Å²) in [6.07, 6.45) is -5.08. The number of carboxylic acid groups (broad SMARTS) is 1. The van der Waals surface area contributed by atoms with E-state index in [1.54, 1.807) is 0 Å². The van der Waals surface area contributed by atoms with E-state index >= 15 is 0 Å². The van der Waals surface area contributed by atoms with Crippen molar-refractivity contribution in [2.24, 2.45) is 0 Å². The molecule has 1 N–H and O–H groups in total. The van der Waals surface area contributed by atoms with Crippen LogP contribution in [-0.4, -0.2) is 17.3 Å². The molecule has 0 saturated heterocycles. The molecule has 0 spiro atoms. The monoisotopic (exact) mass is 393 g/mol. The molecule has 0 radical (unpaired) electrons. The number of rotatable bonds is 0. The SMILES string of the molecule is O=C(O)C(F)(F)F.[Hg][c]1ccccc1. The molecule has 73 valence electrons. The third-order valence-corrected chi connectivity index (χ3v) is 2.92. The van der Waals surface area contributed by atoms with Gasteiger partial charge in [0.1, 0.15) is 0 Å². The van der Waals surface area contributed by atoms with Crippen LogP contribution in [0.25, 0.3) is 0 Å². The molecule has 14 heavy (non-hydrogen) atoms. The second-order valence-corrected chi connectivity index (χ2v) is 5.46. The van der Waals surface area contributed by atoms with Crippen LogP contribution in [0.15, 0.2) is 30.3 Å². The predicted molar refractivity (Wildman–Crippen MR) is 39.8 cm³/mol. The third kappa shape index (κ3) is 6.88. The molecule has 0 aliphatic carbocycles. The summed E-state index contributed by atoms with van der Waals surface area (Å²) in [7, 11) is 0. The summed E-state index contributed by atoms with van der Waals surface area (Å²) in [5.41, 5.74) is 0. The topological polar surface area (TPSA) is 37.3 Å². The first-order valence-corrected chi connectivity index (χ1v) is 6.26. The van der Waals surface area contributed by atoms with E-state index in [2.05, 4.69) is 30.3 Å². The van der Waals surface area contributed by atoms with Gasteiger partial charge in [-0.2, -0.15) is 13.2 Å². The van der Waals surface area contributed by atoms with Gasteiger partial charge in [0, 0.05) is 0 Å². The Morgan fingerprint density at radius 3 is 1.71 bits per heavy atom. The number of hydrogen-bond acceptors (Lipinski definition) is 1. The van der Waals surface area contributed by atoms with Crippen molar-refractivity contribution in [3.05, 3.63) is 30.3 Å². The van der Waals surface area contributed by atoms with E-state index < -0.39 is 12.1 Å². The van der Waals surface area contributed by atoms with E-state index in [-0.39, 0.29) is 0 Å². The molecule has 2 nitrogen and oxygen atoms in total. The molecule has 0 amide bonds. The first-order valence-electron chi connectivity index (χ1n) is 3.51. The zero-order valence-corrected chi connectivity index (χ0v) is 12.6. The average molecular weight is 392 g/mol. The van der Waals surface area contributed by atoms with Crippen molar-refractivity contribution in [3.8, 4) is 0 Å². The van der Waals surface area contributed by atoms with Crippen LogP contribution in [0.5, 0.6) is 0 Å². The zero-order valence-electron chi connectivity index (χ0n) is 7.08. The fourth-order valence-electron chi connectivity index (χ4n) is 0.478. The zero-order chi connectivity index (χ0) is 11.2. The van der Waals surface area contributed by atoms with Crippen LogP contribution >= 0.6 is 0 Å². The Bertz CT molecular complexity index is 284. The second kappa shape index (κ2) is 6.00. The van der Waals surface area contributed by atoms with Crippen LogP contribution in [0, 0.1) is 0 Å². The van der Waals surface area contributed by atoms with Crippen LogP contribution in [0.3, 0.4) is 0 Å². The normalized spacial score (nSPS) is 10.1. The van der Waals surface area contributed by atoms with Gasteiger partial charge < -0.3 is 5.11 Å². The van der Waals surface area contributed by atoms with Crippen LogP contribution in [-0.2, 0) is 30.9 Å². The van der Waals surface area contributed by atoms with Gasteiger partial charge in [-0.05, 0) is 0 Å². The van der Waals surface area contributed by atoms with E-state index in [9.17, 15) is 13.2 Å². The van der Waals surface area contributed by atoms with E-state index in [1.807, 2.05) is 0 Å². The number of hydrogen-bond donors (Lipinski definition) is 1. The molecule has 6 heteroatoms.